The number of nitrogens with one attached hydrogen (secondary N) is 3. The monoisotopic (exact) mass is 545 g/mol. The summed E-state index contributed by atoms with van der Waals surface area (Å²) in [4.78, 5) is 28.1. The van der Waals surface area contributed by atoms with Crippen LogP contribution in [0.2, 0.25) is 0 Å². The average molecular weight is 546 g/mol. The molecule has 2 aromatic rings. The van der Waals surface area contributed by atoms with Crippen LogP contribution in [0.15, 0.2) is 41.4 Å². The second-order valence-electron chi connectivity index (χ2n) is 8.32. The smallest absolute Gasteiger partial charge is 0.475 e. The van der Waals surface area contributed by atoms with Crippen molar-refractivity contribution in [3.8, 4) is 0 Å². The number of alkyl halides is 3. The zero-order valence-electron chi connectivity index (χ0n) is 20.6. The first-order valence-electron chi connectivity index (χ1n) is 11.4. The lowest BCUT2D eigenvalue weighted by Gasteiger charge is -2.30. The van der Waals surface area contributed by atoms with Crippen LogP contribution in [0, 0.1) is 0 Å². The van der Waals surface area contributed by atoms with Gasteiger partial charge in [0.2, 0.25) is 0 Å². The summed E-state index contributed by atoms with van der Waals surface area (Å²) in [7, 11) is -3.79. The zero-order chi connectivity index (χ0) is 27.8. The van der Waals surface area contributed by atoms with E-state index >= 15 is 0 Å². The molecule has 3 rings (SSSR count). The average Bonchev–Trinajstić information content (AvgIpc) is 2.84. The number of carboxylic acid groups (broad SMARTS) is 1. The maximum Gasteiger partial charge on any atom is 0.490 e. The molecule has 1 aromatic carbocycles. The van der Waals surface area contributed by atoms with Gasteiger partial charge in [0.25, 0.3) is 15.9 Å². The standard InChI is InChI=1S/C21H29N5O3S.C2HF3O2/c1-4-23-21(27)19-13-17(14-24-20(19)26-11-9-22-10-12-26)25-30(28,29)18-7-5-16(6-8-18)15(2)3;3-2(4,5)1(6)7/h5-8,13-15,22,25H,4,9-12H2,1-3H3,(H,23,27);(H,6,7). The number of piperazine rings is 1. The van der Waals surface area contributed by atoms with Crippen LogP contribution in [-0.2, 0) is 14.8 Å². The molecule has 204 valence electrons. The van der Waals surface area contributed by atoms with Crippen molar-refractivity contribution in [3.05, 3.63) is 47.7 Å². The van der Waals surface area contributed by atoms with Gasteiger partial charge in [-0.15, -0.1) is 0 Å². The predicted molar refractivity (Wildman–Crippen MR) is 132 cm³/mol. The number of rotatable bonds is 7. The van der Waals surface area contributed by atoms with E-state index in [1.54, 1.807) is 18.2 Å². The summed E-state index contributed by atoms with van der Waals surface area (Å²) in [5.74, 6) is -2.16. The third-order valence-corrected chi connectivity index (χ3v) is 6.61. The second-order valence-corrected chi connectivity index (χ2v) is 10.0. The van der Waals surface area contributed by atoms with Crippen LogP contribution in [0.1, 0.15) is 42.6 Å². The number of sulfonamides is 1. The number of carboxylic acids is 1. The van der Waals surface area contributed by atoms with Crippen molar-refractivity contribution >= 4 is 33.4 Å². The number of carbonyl (C=O) groups excluding carboxylic acids is 1. The lowest BCUT2D eigenvalue weighted by atomic mass is 10.0. The number of anilines is 2. The van der Waals surface area contributed by atoms with Gasteiger partial charge in [0.05, 0.1) is 22.3 Å². The van der Waals surface area contributed by atoms with E-state index in [1.807, 2.05) is 24.0 Å². The number of amides is 1. The molecule has 1 aliphatic heterocycles. The van der Waals surface area contributed by atoms with Gasteiger partial charge in [-0.2, -0.15) is 13.2 Å². The molecule has 37 heavy (non-hydrogen) atoms. The van der Waals surface area contributed by atoms with E-state index < -0.39 is 22.2 Å². The lowest BCUT2D eigenvalue weighted by Crippen LogP contribution is -2.44. The van der Waals surface area contributed by atoms with Crippen LogP contribution in [-0.4, -0.2) is 69.3 Å². The summed E-state index contributed by atoms with van der Waals surface area (Å²) in [5.41, 5.74) is 1.67. The molecular formula is C23H30F3N5O5S. The fourth-order valence-electron chi connectivity index (χ4n) is 3.31. The Morgan fingerprint density at radius 2 is 1.73 bits per heavy atom. The zero-order valence-corrected chi connectivity index (χ0v) is 21.4. The summed E-state index contributed by atoms with van der Waals surface area (Å²) in [5, 5.41) is 13.2. The third-order valence-electron chi connectivity index (χ3n) is 5.22. The van der Waals surface area contributed by atoms with Crippen LogP contribution >= 0.6 is 0 Å². The van der Waals surface area contributed by atoms with Gasteiger partial charge in [-0.3, -0.25) is 9.52 Å². The molecule has 10 nitrogen and oxygen atoms in total. The van der Waals surface area contributed by atoms with E-state index in [0.29, 0.717) is 23.8 Å². The number of benzene rings is 1. The molecule has 2 heterocycles. The van der Waals surface area contributed by atoms with E-state index in [0.717, 1.165) is 31.7 Å². The third kappa shape index (κ3) is 8.60. The van der Waals surface area contributed by atoms with Crippen LogP contribution in [0.5, 0.6) is 0 Å². The van der Waals surface area contributed by atoms with Crippen molar-refractivity contribution in [1.82, 2.24) is 15.6 Å². The Labute approximate surface area is 213 Å². The molecule has 0 saturated carbocycles. The summed E-state index contributed by atoms with van der Waals surface area (Å²) >= 11 is 0. The second kappa shape index (κ2) is 12.7. The van der Waals surface area contributed by atoms with Crippen molar-refractivity contribution in [2.75, 3.05) is 42.3 Å². The quantitative estimate of drug-likeness (QED) is 0.416. The Kier molecular flexibility index (Phi) is 10.3. The number of nitrogens with zero attached hydrogens (tertiary/aromatic N) is 2. The molecule has 0 radical (unpaired) electrons. The number of hydrogen-bond acceptors (Lipinski definition) is 7. The van der Waals surface area contributed by atoms with E-state index in [-0.39, 0.29) is 16.5 Å². The molecule has 0 unspecified atom stereocenters. The summed E-state index contributed by atoms with van der Waals surface area (Å²) in [6.45, 7) is 9.47. The van der Waals surface area contributed by atoms with Gasteiger partial charge < -0.3 is 20.6 Å². The number of carbonyl (C=O) groups is 2. The minimum Gasteiger partial charge on any atom is -0.475 e. The molecule has 4 N–H and O–H groups in total. The van der Waals surface area contributed by atoms with E-state index in [9.17, 15) is 26.4 Å². The molecular weight excluding hydrogens is 515 g/mol. The normalized spacial score (nSPS) is 14.0. The van der Waals surface area contributed by atoms with Crippen molar-refractivity contribution < 1.29 is 36.3 Å². The van der Waals surface area contributed by atoms with Crippen LogP contribution in [0.3, 0.4) is 0 Å². The van der Waals surface area contributed by atoms with E-state index in [4.69, 9.17) is 9.90 Å². The van der Waals surface area contributed by atoms with Gasteiger partial charge in [-0.05, 0) is 36.6 Å². The highest BCUT2D eigenvalue weighted by atomic mass is 32.2. The first-order valence-corrected chi connectivity index (χ1v) is 12.9. The number of hydrogen-bond donors (Lipinski definition) is 4. The molecule has 0 spiro atoms. The lowest BCUT2D eigenvalue weighted by molar-refractivity contribution is -0.192. The highest BCUT2D eigenvalue weighted by molar-refractivity contribution is 7.92. The van der Waals surface area contributed by atoms with Gasteiger partial charge in [0.15, 0.2) is 0 Å². The Hall–Kier alpha value is -3.39. The largest absolute Gasteiger partial charge is 0.490 e. The molecule has 1 aliphatic rings. The first kappa shape index (κ1) is 29.8. The van der Waals surface area contributed by atoms with Gasteiger partial charge in [-0.1, -0.05) is 26.0 Å². The van der Waals surface area contributed by atoms with Crippen molar-refractivity contribution in [1.29, 1.82) is 0 Å². The van der Waals surface area contributed by atoms with Crippen molar-refractivity contribution in [2.45, 2.75) is 37.8 Å². The van der Waals surface area contributed by atoms with Crippen molar-refractivity contribution in [2.24, 2.45) is 0 Å². The Morgan fingerprint density at radius 1 is 1.16 bits per heavy atom. The van der Waals surface area contributed by atoms with Crippen LogP contribution in [0.4, 0.5) is 24.7 Å². The maximum atomic E-state index is 12.8. The molecule has 0 atom stereocenters. The summed E-state index contributed by atoms with van der Waals surface area (Å²) in [6.07, 6.45) is -3.62. The number of aromatic nitrogens is 1. The first-order chi connectivity index (χ1) is 17.3. The van der Waals surface area contributed by atoms with Crippen LogP contribution < -0.4 is 20.3 Å². The summed E-state index contributed by atoms with van der Waals surface area (Å²) < 4.78 is 59.9. The molecule has 1 amide bonds. The SMILES string of the molecule is CCNC(=O)c1cc(NS(=O)(=O)c2ccc(C(C)C)cc2)cnc1N1CCNCC1.O=C(O)C(F)(F)F. The minimum absolute atomic E-state index is 0.164. The molecule has 1 fully saturated rings. The topological polar surface area (TPSA) is 141 Å². The molecule has 1 saturated heterocycles. The number of pyridine rings is 1. The summed E-state index contributed by atoms with van der Waals surface area (Å²) in [6, 6.07) is 8.35. The highest BCUT2D eigenvalue weighted by Gasteiger charge is 2.38. The molecule has 1 aromatic heterocycles. The van der Waals surface area contributed by atoms with Gasteiger partial charge >= 0.3 is 12.1 Å². The minimum atomic E-state index is -5.08. The van der Waals surface area contributed by atoms with Crippen LogP contribution in [0.25, 0.3) is 0 Å². The van der Waals surface area contributed by atoms with Gasteiger partial charge in [-0.25, -0.2) is 18.2 Å². The molecule has 0 bridgehead atoms. The Morgan fingerprint density at radius 3 is 2.22 bits per heavy atom. The van der Waals surface area contributed by atoms with Gasteiger partial charge in [0.1, 0.15) is 5.82 Å². The maximum absolute atomic E-state index is 12.8. The number of halogens is 3. The van der Waals surface area contributed by atoms with Crippen molar-refractivity contribution in [3.63, 3.8) is 0 Å². The fraction of sp³-hybridized carbons (Fsp3) is 0.435. The fourth-order valence-corrected chi connectivity index (χ4v) is 4.34. The molecule has 0 aliphatic carbocycles. The Bertz CT molecular complexity index is 1180. The van der Waals surface area contributed by atoms with E-state index in [2.05, 4.69) is 34.2 Å². The van der Waals surface area contributed by atoms with Gasteiger partial charge in [0, 0.05) is 32.7 Å². The van der Waals surface area contributed by atoms with E-state index in [1.165, 1.54) is 6.20 Å². The number of aliphatic carboxylic acids is 1. The predicted octanol–water partition coefficient (Wildman–Crippen LogP) is 2.80. The highest BCUT2D eigenvalue weighted by Crippen LogP contribution is 2.24. The Balaban J connectivity index is 0.000000604. The molecule has 14 heteroatoms.